The molecular formula is C10H12N2O. The fraction of sp³-hybridized carbons (Fsp3) is 0.300. The molecule has 0 aromatic heterocycles. The van der Waals surface area contributed by atoms with Crippen molar-refractivity contribution < 1.29 is 4.79 Å². The Morgan fingerprint density at radius 2 is 1.92 bits per heavy atom. The second-order valence-electron chi connectivity index (χ2n) is 3.34. The summed E-state index contributed by atoms with van der Waals surface area (Å²) in [6.07, 6.45) is 0. The lowest BCUT2D eigenvalue weighted by Gasteiger charge is -2.27. The zero-order valence-electron chi connectivity index (χ0n) is 7.45. The van der Waals surface area contributed by atoms with Gasteiger partial charge in [0.05, 0.1) is 6.04 Å². The first kappa shape index (κ1) is 8.26. The van der Waals surface area contributed by atoms with Gasteiger partial charge in [0, 0.05) is 0 Å². The molecule has 3 N–H and O–H groups in total. The van der Waals surface area contributed by atoms with E-state index in [0.29, 0.717) is 0 Å². The van der Waals surface area contributed by atoms with Gasteiger partial charge in [-0.15, -0.1) is 0 Å². The molecule has 2 rings (SSSR count). The van der Waals surface area contributed by atoms with Crippen LogP contribution in [0.15, 0.2) is 24.3 Å². The molecule has 0 aliphatic carbocycles. The van der Waals surface area contributed by atoms with Crippen LogP contribution in [-0.2, 0) is 4.79 Å². The minimum atomic E-state index is -0.507. The molecule has 1 heterocycles. The highest BCUT2D eigenvalue weighted by molar-refractivity contribution is 5.85. The predicted octanol–water partition coefficient (Wildman–Crippen LogP) is 0.877. The Hall–Kier alpha value is -1.35. The van der Waals surface area contributed by atoms with Gasteiger partial charge in [-0.3, -0.25) is 4.79 Å². The minimum absolute atomic E-state index is 0.0727. The third-order valence-electron chi connectivity index (χ3n) is 2.44. The molecule has 0 spiro atoms. The molecule has 1 aliphatic heterocycles. The van der Waals surface area contributed by atoms with Gasteiger partial charge in [0.2, 0.25) is 5.91 Å². The lowest BCUT2D eigenvalue weighted by Crippen LogP contribution is -2.40. The van der Waals surface area contributed by atoms with Crippen LogP contribution >= 0.6 is 0 Å². The van der Waals surface area contributed by atoms with Crippen molar-refractivity contribution in [1.29, 1.82) is 0 Å². The molecule has 13 heavy (non-hydrogen) atoms. The van der Waals surface area contributed by atoms with E-state index in [4.69, 9.17) is 5.73 Å². The molecule has 0 bridgehead atoms. The van der Waals surface area contributed by atoms with Gasteiger partial charge in [-0.05, 0) is 18.1 Å². The standard InChI is InChI=1S/C10H12N2O/c1-6-7-4-2-3-5-8(7)9(11)10(13)12-6/h2-6,9H,11H2,1H3,(H,12,13). The predicted molar refractivity (Wildman–Crippen MR) is 49.9 cm³/mol. The third kappa shape index (κ3) is 1.21. The van der Waals surface area contributed by atoms with Gasteiger partial charge in [-0.1, -0.05) is 24.3 Å². The van der Waals surface area contributed by atoms with Gasteiger partial charge in [0.1, 0.15) is 6.04 Å². The average molecular weight is 176 g/mol. The first-order chi connectivity index (χ1) is 6.20. The first-order valence-corrected chi connectivity index (χ1v) is 4.35. The van der Waals surface area contributed by atoms with Crippen molar-refractivity contribution in [2.75, 3.05) is 0 Å². The fourth-order valence-corrected chi connectivity index (χ4v) is 1.71. The van der Waals surface area contributed by atoms with Crippen LogP contribution in [0.2, 0.25) is 0 Å². The van der Waals surface area contributed by atoms with E-state index in [9.17, 15) is 4.79 Å². The molecule has 2 atom stereocenters. The summed E-state index contributed by atoms with van der Waals surface area (Å²) >= 11 is 0. The summed E-state index contributed by atoms with van der Waals surface area (Å²) in [5, 5.41) is 2.82. The molecular weight excluding hydrogens is 164 g/mol. The van der Waals surface area contributed by atoms with E-state index in [1.54, 1.807) is 0 Å². The zero-order chi connectivity index (χ0) is 9.42. The normalized spacial score (nSPS) is 26.5. The molecule has 1 aromatic carbocycles. The van der Waals surface area contributed by atoms with Gasteiger partial charge < -0.3 is 11.1 Å². The molecule has 1 amide bonds. The lowest BCUT2D eigenvalue weighted by molar-refractivity contribution is -0.123. The number of amides is 1. The Morgan fingerprint density at radius 3 is 2.62 bits per heavy atom. The smallest absolute Gasteiger partial charge is 0.241 e. The van der Waals surface area contributed by atoms with Crippen LogP contribution in [0.25, 0.3) is 0 Å². The van der Waals surface area contributed by atoms with Crippen LogP contribution in [0, 0.1) is 0 Å². The van der Waals surface area contributed by atoms with E-state index < -0.39 is 6.04 Å². The van der Waals surface area contributed by atoms with Gasteiger partial charge in [-0.2, -0.15) is 0 Å². The monoisotopic (exact) mass is 176 g/mol. The van der Waals surface area contributed by atoms with Crippen molar-refractivity contribution in [3.05, 3.63) is 35.4 Å². The maximum atomic E-state index is 11.3. The summed E-state index contributed by atoms with van der Waals surface area (Å²) in [7, 11) is 0. The number of fused-ring (bicyclic) bond motifs is 1. The summed E-state index contributed by atoms with van der Waals surface area (Å²) in [6, 6.07) is 7.34. The van der Waals surface area contributed by atoms with Crippen LogP contribution in [0.5, 0.6) is 0 Å². The number of nitrogens with two attached hydrogens (primary N) is 1. The maximum absolute atomic E-state index is 11.3. The topological polar surface area (TPSA) is 55.1 Å². The molecule has 0 saturated heterocycles. The Kier molecular flexibility index (Phi) is 1.81. The Bertz CT molecular complexity index is 349. The van der Waals surface area contributed by atoms with Crippen LogP contribution in [0.4, 0.5) is 0 Å². The number of carbonyl (C=O) groups is 1. The van der Waals surface area contributed by atoms with E-state index in [0.717, 1.165) is 11.1 Å². The van der Waals surface area contributed by atoms with E-state index in [-0.39, 0.29) is 11.9 Å². The molecule has 0 fully saturated rings. The fourth-order valence-electron chi connectivity index (χ4n) is 1.71. The third-order valence-corrected chi connectivity index (χ3v) is 2.44. The van der Waals surface area contributed by atoms with Gasteiger partial charge >= 0.3 is 0 Å². The number of rotatable bonds is 0. The Morgan fingerprint density at radius 1 is 1.31 bits per heavy atom. The van der Waals surface area contributed by atoms with Crippen molar-refractivity contribution in [1.82, 2.24) is 5.32 Å². The van der Waals surface area contributed by atoms with Crippen LogP contribution in [0.1, 0.15) is 30.1 Å². The summed E-state index contributed by atoms with van der Waals surface area (Å²) in [6.45, 7) is 1.96. The largest absolute Gasteiger partial charge is 0.348 e. The molecule has 1 aliphatic rings. The highest BCUT2D eigenvalue weighted by Gasteiger charge is 2.27. The van der Waals surface area contributed by atoms with Crippen molar-refractivity contribution in [2.45, 2.75) is 19.0 Å². The van der Waals surface area contributed by atoms with Crippen LogP contribution < -0.4 is 11.1 Å². The number of benzene rings is 1. The molecule has 2 unspecified atom stereocenters. The summed E-state index contributed by atoms with van der Waals surface area (Å²) in [4.78, 5) is 11.3. The second kappa shape index (κ2) is 2.85. The highest BCUT2D eigenvalue weighted by atomic mass is 16.2. The average Bonchev–Trinajstić information content (AvgIpc) is 2.15. The van der Waals surface area contributed by atoms with Gasteiger partial charge in [0.15, 0.2) is 0 Å². The molecule has 0 saturated carbocycles. The minimum Gasteiger partial charge on any atom is -0.348 e. The lowest BCUT2D eigenvalue weighted by atomic mass is 9.92. The quantitative estimate of drug-likeness (QED) is 0.616. The number of nitrogens with one attached hydrogen (secondary N) is 1. The second-order valence-corrected chi connectivity index (χ2v) is 3.34. The van der Waals surface area contributed by atoms with E-state index >= 15 is 0 Å². The first-order valence-electron chi connectivity index (χ1n) is 4.35. The van der Waals surface area contributed by atoms with Crippen molar-refractivity contribution in [3.8, 4) is 0 Å². The summed E-state index contributed by atoms with van der Waals surface area (Å²) in [5.74, 6) is -0.0915. The molecule has 3 heteroatoms. The van der Waals surface area contributed by atoms with Crippen molar-refractivity contribution >= 4 is 5.91 Å². The van der Waals surface area contributed by atoms with Gasteiger partial charge in [0.25, 0.3) is 0 Å². The van der Waals surface area contributed by atoms with Crippen LogP contribution in [-0.4, -0.2) is 5.91 Å². The van der Waals surface area contributed by atoms with E-state index in [1.165, 1.54) is 0 Å². The van der Waals surface area contributed by atoms with Crippen LogP contribution in [0.3, 0.4) is 0 Å². The van der Waals surface area contributed by atoms with E-state index in [1.807, 2.05) is 31.2 Å². The zero-order valence-corrected chi connectivity index (χ0v) is 7.45. The highest BCUT2D eigenvalue weighted by Crippen LogP contribution is 2.27. The number of hydrogen-bond donors (Lipinski definition) is 2. The Balaban J connectivity index is 2.53. The molecule has 0 radical (unpaired) electrons. The maximum Gasteiger partial charge on any atom is 0.241 e. The molecule has 68 valence electrons. The summed E-state index contributed by atoms with van der Waals surface area (Å²) in [5.41, 5.74) is 7.80. The molecule has 3 nitrogen and oxygen atoms in total. The number of hydrogen-bond acceptors (Lipinski definition) is 2. The Labute approximate surface area is 76.9 Å². The van der Waals surface area contributed by atoms with Gasteiger partial charge in [-0.25, -0.2) is 0 Å². The molecule has 1 aromatic rings. The summed E-state index contributed by atoms with van der Waals surface area (Å²) < 4.78 is 0. The SMILES string of the molecule is CC1NC(=O)C(N)c2ccccc21. The van der Waals surface area contributed by atoms with E-state index in [2.05, 4.69) is 5.32 Å². The van der Waals surface area contributed by atoms with Crippen molar-refractivity contribution in [3.63, 3.8) is 0 Å². The van der Waals surface area contributed by atoms with Crippen molar-refractivity contribution in [2.24, 2.45) is 5.73 Å². The number of carbonyl (C=O) groups excluding carboxylic acids is 1.